The maximum Gasteiger partial charge on any atom is 0.254 e. The molecule has 0 aromatic heterocycles. The number of carbonyl (C=O) groups is 1. The third-order valence-corrected chi connectivity index (χ3v) is 4.85. The second-order valence-corrected chi connectivity index (χ2v) is 7.80. The predicted octanol–water partition coefficient (Wildman–Crippen LogP) is 1.65. The first kappa shape index (κ1) is 15.9. The lowest BCUT2D eigenvalue weighted by molar-refractivity contribution is 0.0777. The molecule has 1 aliphatic heterocycles. The third kappa shape index (κ3) is 3.24. The lowest BCUT2D eigenvalue weighted by atomic mass is 9.93. The van der Waals surface area contributed by atoms with Crippen LogP contribution in [0, 0.1) is 18.2 Å². The fourth-order valence-electron chi connectivity index (χ4n) is 2.54. The van der Waals surface area contributed by atoms with E-state index in [1.54, 1.807) is 4.90 Å². The van der Waals surface area contributed by atoms with Crippen molar-refractivity contribution in [2.45, 2.75) is 32.1 Å². The number of benzene rings is 1. The zero-order chi connectivity index (χ0) is 16.0. The first-order valence-electron chi connectivity index (χ1n) is 6.63. The molecular weight excluding hydrogens is 295 g/mol. The molecular formula is C14H19FN2O3S. The minimum atomic E-state index is -4.07. The number of nitrogens with zero attached hydrogens (tertiary/aromatic N) is 1. The number of rotatable bonds is 2. The first-order valence-corrected chi connectivity index (χ1v) is 8.18. The van der Waals surface area contributed by atoms with Gasteiger partial charge in [-0.05, 0) is 30.9 Å². The standard InChI is InChI=1S/C14H19FN2O3S/c1-9-11(15)6-10(7-12(9)21(16,19)20)13(18)17-5-4-14(2,3)8-17/h6-7H,4-5,8H2,1-3H3,(H2,16,19,20). The van der Waals surface area contributed by atoms with E-state index in [9.17, 15) is 17.6 Å². The quantitative estimate of drug-likeness (QED) is 0.901. The van der Waals surface area contributed by atoms with Crippen LogP contribution >= 0.6 is 0 Å². The molecule has 1 aromatic rings. The molecule has 5 nitrogen and oxygen atoms in total. The molecule has 116 valence electrons. The van der Waals surface area contributed by atoms with E-state index in [0.29, 0.717) is 13.1 Å². The Morgan fingerprint density at radius 3 is 2.48 bits per heavy atom. The van der Waals surface area contributed by atoms with E-state index in [2.05, 4.69) is 0 Å². The second kappa shape index (κ2) is 5.06. The van der Waals surface area contributed by atoms with Gasteiger partial charge in [-0.15, -0.1) is 0 Å². The number of carbonyl (C=O) groups excluding carboxylic acids is 1. The Kier molecular flexibility index (Phi) is 3.84. The van der Waals surface area contributed by atoms with Gasteiger partial charge in [0.25, 0.3) is 5.91 Å². The van der Waals surface area contributed by atoms with Crippen molar-refractivity contribution in [1.29, 1.82) is 0 Å². The molecule has 0 bridgehead atoms. The van der Waals surface area contributed by atoms with Crippen molar-refractivity contribution in [1.82, 2.24) is 4.90 Å². The number of hydrogen-bond donors (Lipinski definition) is 1. The summed E-state index contributed by atoms with van der Waals surface area (Å²) >= 11 is 0. The van der Waals surface area contributed by atoms with Gasteiger partial charge in [-0.25, -0.2) is 17.9 Å². The highest BCUT2D eigenvalue weighted by Crippen LogP contribution is 2.30. The van der Waals surface area contributed by atoms with Crippen LogP contribution in [0.2, 0.25) is 0 Å². The van der Waals surface area contributed by atoms with Crippen molar-refractivity contribution in [3.8, 4) is 0 Å². The lowest BCUT2D eigenvalue weighted by Crippen LogP contribution is -2.30. The van der Waals surface area contributed by atoms with Crippen molar-refractivity contribution < 1.29 is 17.6 Å². The van der Waals surface area contributed by atoms with Gasteiger partial charge in [-0.1, -0.05) is 13.8 Å². The summed E-state index contributed by atoms with van der Waals surface area (Å²) in [5.74, 6) is -1.12. The van der Waals surface area contributed by atoms with E-state index in [1.807, 2.05) is 13.8 Å². The van der Waals surface area contributed by atoms with Crippen molar-refractivity contribution in [2.75, 3.05) is 13.1 Å². The third-order valence-electron chi connectivity index (χ3n) is 3.81. The summed E-state index contributed by atoms with van der Waals surface area (Å²) in [6.07, 6.45) is 0.856. The highest BCUT2D eigenvalue weighted by atomic mass is 32.2. The van der Waals surface area contributed by atoms with Crippen LogP contribution in [0.3, 0.4) is 0 Å². The van der Waals surface area contributed by atoms with Crippen molar-refractivity contribution in [3.63, 3.8) is 0 Å². The van der Waals surface area contributed by atoms with Crippen LogP contribution in [0.15, 0.2) is 17.0 Å². The summed E-state index contributed by atoms with van der Waals surface area (Å²) in [6.45, 7) is 6.55. The first-order chi connectivity index (χ1) is 9.51. The monoisotopic (exact) mass is 314 g/mol. The lowest BCUT2D eigenvalue weighted by Gasteiger charge is -2.20. The minimum absolute atomic E-state index is 0.0137. The fraction of sp³-hybridized carbons (Fsp3) is 0.500. The van der Waals surface area contributed by atoms with Crippen LogP contribution < -0.4 is 5.14 Å². The Hall–Kier alpha value is -1.47. The molecule has 1 fully saturated rings. The molecule has 0 aliphatic carbocycles. The molecule has 1 saturated heterocycles. The SMILES string of the molecule is Cc1c(F)cc(C(=O)N2CCC(C)(C)C2)cc1S(N)(=O)=O. The van der Waals surface area contributed by atoms with Gasteiger partial charge in [0.1, 0.15) is 5.82 Å². The molecule has 0 saturated carbocycles. The highest BCUT2D eigenvalue weighted by molar-refractivity contribution is 7.89. The van der Waals surface area contributed by atoms with E-state index in [4.69, 9.17) is 5.14 Å². The average Bonchev–Trinajstić information content (AvgIpc) is 2.70. The van der Waals surface area contributed by atoms with Gasteiger partial charge in [-0.3, -0.25) is 4.79 Å². The molecule has 1 amide bonds. The van der Waals surface area contributed by atoms with Gasteiger partial charge >= 0.3 is 0 Å². The van der Waals surface area contributed by atoms with Gasteiger partial charge in [0.15, 0.2) is 0 Å². The minimum Gasteiger partial charge on any atom is -0.338 e. The van der Waals surface area contributed by atoms with E-state index >= 15 is 0 Å². The molecule has 7 heteroatoms. The topological polar surface area (TPSA) is 80.5 Å². The Bertz CT molecular complexity index is 698. The summed E-state index contributed by atoms with van der Waals surface area (Å²) in [7, 11) is -4.07. The summed E-state index contributed by atoms with van der Waals surface area (Å²) < 4.78 is 36.9. The molecule has 0 spiro atoms. The van der Waals surface area contributed by atoms with Crippen LogP contribution in [0.1, 0.15) is 36.2 Å². The van der Waals surface area contributed by atoms with E-state index in [1.165, 1.54) is 6.92 Å². The number of primary sulfonamides is 1. The van der Waals surface area contributed by atoms with Crippen LogP contribution in [0.25, 0.3) is 0 Å². The van der Waals surface area contributed by atoms with Crippen molar-refractivity contribution in [3.05, 3.63) is 29.1 Å². The summed E-state index contributed by atoms with van der Waals surface area (Å²) in [6, 6.07) is 2.22. The van der Waals surface area contributed by atoms with Crippen LogP contribution in [-0.2, 0) is 10.0 Å². The van der Waals surface area contributed by atoms with Crippen molar-refractivity contribution in [2.24, 2.45) is 10.6 Å². The highest BCUT2D eigenvalue weighted by Gasteiger charge is 2.33. The van der Waals surface area contributed by atoms with E-state index in [0.717, 1.165) is 18.6 Å². The molecule has 2 N–H and O–H groups in total. The Labute approximate surface area is 124 Å². The number of hydrogen-bond acceptors (Lipinski definition) is 3. The van der Waals surface area contributed by atoms with Gasteiger partial charge in [-0.2, -0.15) is 0 Å². The Morgan fingerprint density at radius 1 is 1.38 bits per heavy atom. The van der Waals surface area contributed by atoms with Gasteiger partial charge in [0.2, 0.25) is 10.0 Å². The molecule has 0 atom stereocenters. The molecule has 0 radical (unpaired) electrons. The Balaban J connectivity index is 2.42. The fourth-order valence-corrected chi connectivity index (χ4v) is 3.36. The normalized spacial score (nSPS) is 18.0. The number of nitrogens with two attached hydrogens (primary N) is 1. The van der Waals surface area contributed by atoms with Crippen LogP contribution in [0.4, 0.5) is 4.39 Å². The molecule has 21 heavy (non-hydrogen) atoms. The smallest absolute Gasteiger partial charge is 0.254 e. The summed E-state index contributed by atoms with van der Waals surface area (Å²) in [4.78, 5) is 13.7. The maximum absolute atomic E-state index is 13.9. The molecule has 0 unspecified atom stereocenters. The van der Waals surface area contributed by atoms with Crippen LogP contribution in [0.5, 0.6) is 0 Å². The maximum atomic E-state index is 13.9. The molecule has 1 aromatic carbocycles. The predicted molar refractivity (Wildman–Crippen MR) is 76.8 cm³/mol. The van der Waals surface area contributed by atoms with Gasteiger partial charge in [0, 0.05) is 24.2 Å². The van der Waals surface area contributed by atoms with Gasteiger partial charge in [0.05, 0.1) is 4.90 Å². The number of likely N-dealkylation sites (tertiary alicyclic amines) is 1. The Morgan fingerprint density at radius 2 is 2.00 bits per heavy atom. The number of halogens is 1. The number of sulfonamides is 1. The van der Waals surface area contributed by atoms with E-state index in [-0.39, 0.29) is 27.3 Å². The van der Waals surface area contributed by atoms with Gasteiger partial charge < -0.3 is 4.90 Å². The zero-order valence-electron chi connectivity index (χ0n) is 12.3. The largest absolute Gasteiger partial charge is 0.338 e. The average molecular weight is 314 g/mol. The molecule has 1 heterocycles. The molecule has 1 aliphatic rings. The van der Waals surface area contributed by atoms with Crippen LogP contribution in [-0.4, -0.2) is 32.3 Å². The number of amides is 1. The second-order valence-electron chi connectivity index (χ2n) is 6.27. The summed E-state index contributed by atoms with van der Waals surface area (Å²) in [5, 5.41) is 5.07. The zero-order valence-corrected chi connectivity index (χ0v) is 13.1. The molecule has 2 rings (SSSR count). The van der Waals surface area contributed by atoms with E-state index < -0.39 is 15.8 Å². The van der Waals surface area contributed by atoms with Crippen molar-refractivity contribution >= 4 is 15.9 Å². The summed E-state index contributed by atoms with van der Waals surface area (Å²) in [5.41, 5.74) is -0.0441.